The van der Waals surface area contributed by atoms with Crippen molar-refractivity contribution in [1.82, 2.24) is 4.90 Å². The first kappa shape index (κ1) is 25.9. The van der Waals surface area contributed by atoms with E-state index in [4.69, 9.17) is 16.3 Å². The molecule has 0 saturated carbocycles. The lowest BCUT2D eigenvalue weighted by Crippen LogP contribution is -2.36. The van der Waals surface area contributed by atoms with Crippen molar-refractivity contribution in [2.45, 2.75) is 13.5 Å². The molecule has 1 N–H and O–H groups in total. The van der Waals surface area contributed by atoms with E-state index in [1.165, 1.54) is 12.1 Å². The molecule has 3 aromatic rings. The van der Waals surface area contributed by atoms with Gasteiger partial charge in [-0.15, -0.1) is 0 Å². The van der Waals surface area contributed by atoms with Crippen molar-refractivity contribution in [3.8, 4) is 5.75 Å². The fraction of sp³-hybridized carbons (Fsp3) is 0.115. The van der Waals surface area contributed by atoms with Crippen LogP contribution >= 0.6 is 23.4 Å². The van der Waals surface area contributed by atoms with Crippen molar-refractivity contribution in [2.24, 2.45) is 0 Å². The lowest BCUT2D eigenvalue weighted by molar-refractivity contribution is -0.384. The van der Waals surface area contributed by atoms with Crippen LogP contribution in [0, 0.1) is 17.0 Å². The summed E-state index contributed by atoms with van der Waals surface area (Å²) in [4.78, 5) is 49.0. The van der Waals surface area contributed by atoms with E-state index in [1.807, 2.05) is 0 Å². The minimum Gasteiger partial charge on any atom is -0.489 e. The first-order chi connectivity index (χ1) is 17.7. The summed E-state index contributed by atoms with van der Waals surface area (Å²) in [5.74, 6) is -0.494. The molecular formula is C26H20ClN3O6S. The van der Waals surface area contributed by atoms with Gasteiger partial charge in [0.15, 0.2) is 0 Å². The molecular weight excluding hydrogens is 518 g/mol. The van der Waals surface area contributed by atoms with Crippen LogP contribution in [0.25, 0.3) is 6.08 Å². The number of benzene rings is 3. The van der Waals surface area contributed by atoms with E-state index in [0.29, 0.717) is 22.0 Å². The van der Waals surface area contributed by atoms with Crippen LogP contribution in [0.15, 0.2) is 71.6 Å². The number of hydrogen-bond acceptors (Lipinski definition) is 7. The van der Waals surface area contributed by atoms with E-state index in [2.05, 4.69) is 5.32 Å². The number of carbonyl (C=O) groups excluding carboxylic acids is 3. The van der Waals surface area contributed by atoms with E-state index in [0.717, 1.165) is 27.8 Å². The molecule has 0 spiro atoms. The zero-order chi connectivity index (χ0) is 26.5. The number of nitrogens with one attached hydrogen (secondary N) is 1. The van der Waals surface area contributed by atoms with Gasteiger partial charge in [0, 0.05) is 22.8 Å². The first-order valence-corrected chi connectivity index (χ1v) is 12.2. The third-order valence-corrected chi connectivity index (χ3v) is 6.52. The first-order valence-electron chi connectivity index (χ1n) is 11.0. The van der Waals surface area contributed by atoms with E-state index in [1.54, 1.807) is 67.6 Å². The molecule has 1 aliphatic heterocycles. The summed E-state index contributed by atoms with van der Waals surface area (Å²) >= 11 is 6.74. The van der Waals surface area contributed by atoms with Crippen molar-refractivity contribution < 1.29 is 24.0 Å². The molecule has 1 heterocycles. The highest BCUT2D eigenvalue weighted by Gasteiger charge is 2.36. The van der Waals surface area contributed by atoms with Crippen molar-refractivity contribution in [3.05, 3.63) is 103 Å². The van der Waals surface area contributed by atoms with Crippen LogP contribution in [-0.2, 0) is 16.2 Å². The number of rotatable bonds is 8. The Hall–Kier alpha value is -4.15. The van der Waals surface area contributed by atoms with Crippen LogP contribution in [0.4, 0.5) is 16.2 Å². The highest BCUT2D eigenvalue weighted by atomic mass is 35.5. The topological polar surface area (TPSA) is 119 Å². The van der Waals surface area contributed by atoms with Crippen molar-refractivity contribution >= 4 is 57.9 Å². The number of halogens is 1. The van der Waals surface area contributed by atoms with Crippen molar-refractivity contribution in [1.29, 1.82) is 0 Å². The van der Waals surface area contributed by atoms with Gasteiger partial charge in [0.2, 0.25) is 5.91 Å². The molecule has 1 fully saturated rings. The highest BCUT2D eigenvalue weighted by molar-refractivity contribution is 8.18. The lowest BCUT2D eigenvalue weighted by Gasteiger charge is -2.13. The minimum absolute atomic E-state index is 0.00866. The van der Waals surface area contributed by atoms with Gasteiger partial charge in [-0.2, -0.15) is 0 Å². The number of nitro benzene ring substituents is 1. The molecule has 1 saturated heterocycles. The second kappa shape index (κ2) is 11.3. The zero-order valence-electron chi connectivity index (χ0n) is 19.5. The Morgan fingerprint density at radius 3 is 2.49 bits per heavy atom. The van der Waals surface area contributed by atoms with Gasteiger partial charge in [-0.25, -0.2) is 0 Å². The van der Waals surface area contributed by atoms with Gasteiger partial charge >= 0.3 is 0 Å². The average Bonchev–Trinajstić information content (AvgIpc) is 3.13. The summed E-state index contributed by atoms with van der Waals surface area (Å²) < 4.78 is 5.70. The number of imide groups is 1. The largest absolute Gasteiger partial charge is 0.489 e. The van der Waals surface area contributed by atoms with Gasteiger partial charge in [-0.05, 0) is 77.9 Å². The molecule has 3 amide bonds. The number of amides is 3. The van der Waals surface area contributed by atoms with Crippen LogP contribution in [0.1, 0.15) is 16.7 Å². The maximum Gasteiger partial charge on any atom is 0.294 e. The molecule has 9 nitrogen and oxygen atoms in total. The van der Waals surface area contributed by atoms with Gasteiger partial charge in [-0.3, -0.25) is 29.4 Å². The molecule has 1 aliphatic rings. The number of hydrogen-bond donors (Lipinski definition) is 1. The number of carbonyl (C=O) groups is 3. The summed E-state index contributed by atoms with van der Waals surface area (Å²) in [6.07, 6.45) is 1.57. The Morgan fingerprint density at radius 1 is 1.11 bits per heavy atom. The highest BCUT2D eigenvalue weighted by Crippen LogP contribution is 2.32. The van der Waals surface area contributed by atoms with Crippen LogP contribution < -0.4 is 10.1 Å². The van der Waals surface area contributed by atoms with E-state index >= 15 is 0 Å². The normalized spacial score (nSPS) is 14.2. The fourth-order valence-electron chi connectivity index (χ4n) is 3.39. The van der Waals surface area contributed by atoms with E-state index < -0.39 is 28.5 Å². The van der Waals surface area contributed by atoms with Crippen LogP contribution in [-0.4, -0.2) is 33.4 Å². The number of anilines is 1. The SMILES string of the molecule is Cc1ccc(Cl)cc1NC(=O)CN1C(=O)S/C(=C/c2ccc(OCc3ccc([N+](=O)[O-])cc3)cc2)C1=O. The van der Waals surface area contributed by atoms with Gasteiger partial charge in [-0.1, -0.05) is 29.8 Å². The molecule has 4 rings (SSSR count). The quantitative estimate of drug-likeness (QED) is 0.219. The smallest absolute Gasteiger partial charge is 0.294 e. The number of ether oxygens (including phenoxy) is 1. The summed E-state index contributed by atoms with van der Waals surface area (Å²) in [7, 11) is 0. The third kappa shape index (κ3) is 6.54. The second-order valence-corrected chi connectivity index (χ2v) is 9.49. The number of nitrogens with zero attached hydrogens (tertiary/aromatic N) is 2. The number of nitro groups is 1. The van der Waals surface area contributed by atoms with Gasteiger partial charge in [0.05, 0.1) is 9.83 Å². The van der Waals surface area contributed by atoms with Crippen molar-refractivity contribution in [3.63, 3.8) is 0 Å². The summed E-state index contributed by atoms with van der Waals surface area (Å²) in [6, 6.07) is 18.0. The summed E-state index contributed by atoms with van der Waals surface area (Å²) in [5.41, 5.74) is 2.77. The lowest BCUT2D eigenvalue weighted by atomic mass is 10.2. The van der Waals surface area contributed by atoms with Gasteiger partial charge in [0.25, 0.3) is 16.8 Å². The molecule has 37 heavy (non-hydrogen) atoms. The zero-order valence-corrected chi connectivity index (χ0v) is 21.0. The fourth-order valence-corrected chi connectivity index (χ4v) is 4.40. The predicted octanol–water partition coefficient (Wildman–Crippen LogP) is 5.81. The number of aryl methyl sites for hydroxylation is 1. The second-order valence-electron chi connectivity index (χ2n) is 8.06. The minimum atomic E-state index is -0.550. The molecule has 0 aliphatic carbocycles. The molecule has 11 heteroatoms. The predicted molar refractivity (Wildman–Crippen MR) is 141 cm³/mol. The van der Waals surface area contributed by atoms with Crippen molar-refractivity contribution in [2.75, 3.05) is 11.9 Å². The molecule has 188 valence electrons. The summed E-state index contributed by atoms with van der Waals surface area (Å²) in [6.45, 7) is 1.62. The molecule has 0 radical (unpaired) electrons. The van der Waals surface area contributed by atoms with Gasteiger partial charge < -0.3 is 10.1 Å². The standard InChI is InChI=1S/C26H20ClN3O6S/c1-16-2-7-19(27)13-22(16)28-24(31)14-29-25(32)23(37-26(29)33)12-17-5-10-21(11-6-17)36-15-18-3-8-20(9-4-18)30(34)35/h2-13H,14-15H2,1H3,(H,28,31)/b23-12+. The molecule has 0 aromatic heterocycles. The number of thioether (sulfide) groups is 1. The van der Waals surface area contributed by atoms with Crippen LogP contribution in [0.5, 0.6) is 5.75 Å². The van der Waals surface area contributed by atoms with Crippen LogP contribution in [0.3, 0.4) is 0 Å². The molecule has 0 atom stereocenters. The Labute approximate surface area is 221 Å². The number of non-ortho nitro benzene ring substituents is 1. The van der Waals surface area contributed by atoms with E-state index in [9.17, 15) is 24.5 Å². The summed E-state index contributed by atoms with van der Waals surface area (Å²) in [5, 5.41) is 13.3. The molecule has 0 unspecified atom stereocenters. The Bertz CT molecular complexity index is 1410. The molecule has 3 aromatic carbocycles. The molecule has 0 bridgehead atoms. The Morgan fingerprint density at radius 2 is 1.81 bits per heavy atom. The average molecular weight is 538 g/mol. The maximum absolute atomic E-state index is 12.8. The van der Waals surface area contributed by atoms with Crippen LogP contribution in [0.2, 0.25) is 5.02 Å². The Kier molecular flexibility index (Phi) is 7.90. The third-order valence-electron chi connectivity index (χ3n) is 5.38. The van der Waals surface area contributed by atoms with Gasteiger partial charge in [0.1, 0.15) is 18.9 Å². The Balaban J connectivity index is 1.35. The maximum atomic E-state index is 12.8. The van der Waals surface area contributed by atoms with E-state index in [-0.39, 0.29) is 17.2 Å². The monoisotopic (exact) mass is 537 g/mol.